The molecule has 1 aliphatic carbocycles. The van der Waals surface area contributed by atoms with E-state index in [2.05, 4.69) is 75.1 Å². The zero-order valence-electron chi connectivity index (χ0n) is 15.4. The van der Waals surface area contributed by atoms with E-state index in [1.54, 1.807) is 11.1 Å². The van der Waals surface area contributed by atoms with Crippen LogP contribution in [0.1, 0.15) is 59.9 Å². The third-order valence-electron chi connectivity index (χ3n) is 6.27. The summed E-state index contributed by atoms with van der Waals surface area (Å²) in [6, 6.07) is 17.1. The molecule has 0 N–H and O–H groups in total. The van der Waals surface area contributed by atoms with E-state index in [1.165, 1.54) is 36.2 Å². The van der Waals surface area contributed by atoms with Crippen LogP contribution in [-0.2, 0) is 0 Å². The Kier molecular flexibility index (Phi) is 4.00. The molecule has 1 heterocycles. The molecule has 1 fully saturated rings. The van der Waals surface area contributed by atoms with Crippen molar-refractivity contribution < 1.29 is 0 Å². The summed E-state index contributed by atoms with van der Waals surface area (Å²) in [4.78, 5) is 2.67. The fourth-order valence-electron chi connectivity index (χ4n) is 4.92. The van der Waals surface area contributed by atoms with Crippen LogP contribution in [0.2, 0.25) is 0 Å². The van der Waals surface area contributed by atoms with Gasteiger partial charge in [0.25, 0.3) is 0 Å². The molecular weight excluding hydrogens is 290 g/mol. The molecule has 2 aromatic carbocycles. The lowest BCUT2D eigenvalue weighted by Gasteiger charge is -2.39. The summed E-state index contributed by atoms with van der Waals surface area (Å²) in [6.45, 7) is 11.6. The van der Waals surface area contributed by atoms with Gasteiger partial charge in [-0.3, -0.25) is 0 Å². The van der Waals surface area contributed by atoms with Gasteiger partial charge in [0.15, 0.2) is 0 Å². The molecule has 1 aliphatic heterocycles. The maximum Gasteiger partial charge on any atom is 0.0127 e. The van der Waals surface area contributed by atoms with E-state index in [4.69, 9.17) is 0 Å². The second kappa shape index (κ2) is 6.04. The molecule has 0 amide bonds. The highest BCUT2D eigenvalue weighted by atomic mass is 15.2. The summed E-state index contributed by atoms with van der Waals surface area (Å²) in [5, 5.41) is 0. The third-order valence-corrected chi connectivity index (χ3v) is 6.27. The Bertz CT molecular complexity index is 728. The van der Waals surface area contributed by atoms with Crippen LogP contribution in [0.3, 0.4) is 0 Å². The topological polar surface area (TPSA) is 3.24 Å². The van der Waals surface area contributed by atoms with Gasteiger partial charge >= 0.3 is 0 Å². The Hall–Kier alpha value is -1.60. The summed E-state index contributed by atoms with van der Waals surface area (Å²) >= 11 is 0. The fraction of sp³-hybridized carbons (Fsp3) is 0.478. The van der Waals surface area contributed by atoms with E-state index in [9.17, 15) is 0 Å². The molecule has 2 aromatic rings. The van der Waals surface area contributed by atoms with Crippen LogP contribution in [-0.4, -0.2) is 24.0 Å². The van der Waals surface area contributed by atoms with E-state index in [0.29, 0.717) is 17.9 Å². The van der Waals surface area contributed by atoms with Gasteiger partial charge in [-0.25, -0.2) is 0 Å². The van der Waals surface area contributed by atoms with E-state index in [0.717, 1.165) is 5.92 Å². The Balaban J connectivity index is 1.78. The number of benzene rings is 2. The van der Waals surface area contributed by atoms with Crippen molar-refractivity contribution in [3.8, 4) is 0 Å². The molecule has 1 nitrogen and oxygen atoms in total. The van der Waals surface area contributed by atoms with Gasteiger partial charge in [-0.05, 0) is 63.3 Å². The summed E-state index contributed by atoms with van der Waals surface area (Å²) in [7, 11) is 0. The lowest BCUT2D eigenvalue weighted by atomic mass is 9.78. The first-order valence-electron chi connectivity index (χ1n) is 9.45. The van der Waals surface area contributed by atoms with Crippen LogP contribution in [0.15, 0.2) is 42.5 Å². The van der Waals surface area contributed by atoms with E-state index in [-0.39, 0.29) is 0 Å². The summed E-state index contributed by atoms with van der Waals surface area (Å²) < 4.78 is 0. The average molecular weight is 319 g/mol. The molecule has 2 aliphatic rings. The minimum absolute atomic E-state index is 0.583. The van der Waals surface area contributed by atoms with Crippen molar-refractivity contribution in [2.24, 2.45) is 5.92 Å². The number of aryl methyl sites for hydroxylation is 2. The number of rotatable bonds is 2. The lowest BCUT2D eigenvalue weighted by Crippen LogP contribution is -2.42. The van der Waals surface area contributed by atoms with Crippen molar-refractivity contribution in [1.29, 1.82) is 0 Å². The SMILES string of the molecule is Cc1ccc([C@@H]2c3cc(C)ccc3[C@H]3CN(C(C)C)CC[C@@H]23)cc1. The van der Waals surface area contributed by atoms with Crippen molar-refractivity contribution in [3.63, 3.8) is 0 Å². The van der Waals surface area contributed by atoms with Crippen molar-refractivity contribution in [3.05, 3.63) is 70.3 Å². The van der Waals surface area contributed by atoms with Crippen LogP contribution < -0.4 is 0 Å². The Morgan fingerprint density at radius 3 is 2.33 bits per heavy atom. The third kappa shape index (κ3) is 2.59. The van der Waals surface area contributed by atoms with Gasteiger partial charge in [0.1, 0.15) is 0 Å². The number of nitrogens with zero attached hydrogens (tertiary/aromatic N) is 1. The van der Waals surface area contributed by atoms with Crippen molar-refractivity contribution in [2.75, 3.05) is 13.1 Å². The predicted molar refractivity (Wildman–Crippen MR) is 102 cm³/mol. The van der Waals surface area contributed by atoms with Crippen LogP contribution in [0.25, 0.3) is 0 Å². The van der Waals surface area contributed by atoms with Crippen LogP contribution in [0.5, 0.6) is 0 Å². The number of hydrogen-bond donors (Lipinski definition) is 0. The van der Waals surface area contributed by atoms with E-state index in [1.807, 2.05) is 0 Å². The van der Waals surface area contributed by atoms with Crippen LogP contribution in [0, 0.1) is 19.8 Å². The second-order valence-electron chi connectivity index (χ2n) is 8.17. The highest BCUT2D eigenvalue weighted by Gasteiger charge is 2.44. The molecule has 4 rings (SSSR count). The molecule has 126 valence electrons. The van der Waals surface area contributed by atoms with Gasteiger partial charge in [0, 0.05) is 24.4 Å². The molecule has 0 bridgehead atoms. The van der Waals surface area contributed by atoms with Crippen LogP contribution in [0.4, 0.5) is 0 Å². The summed E-state index contributed by atoms with van der Waals surface area (Å²) in [5.41, 5.74) is 7.47. The predicted octanol–water partition coefficient (Wildman–Crippen LogP) is 5.26. The first kappa shape index (κ1) is 15.9. The van der Waals surface area contributed by atoms with Crippen molar-refractivity contribution in [2.45, 2.75) is 52.0 Å². The molecule has 0 saturated carbocycles. The first-order valence-corrected chi connectivity index (χ1v) is 9.45. The molecule has 0 radical (unpaired) electrons. The lowest BCUT2D eigenvalue weighted by molar-refractivity contribution is 0.130. The number of fused-ring (bicyclic) bond motifs is 3. The zero-order chi connectivity index (χ0) is 16.8. The highest BCUT2D eigenvalue weighted by molar-refractivity contribution is 5.48. The quantitative estimate of drug-likeness (QED) is 0.729. The summed E-state index contributed by atoms with van der Waals surface area (Å²) in [5.74, 6) is 2.04. The Morgan fingerprint density at radius 2 is 1.62 bits per heavy atom. The maximum atomic E-state index is 2.67. The standard InChI is InChI=1S/C23H29N/c1-15(2)24-12-11-20-22(14-24)19-10-7-17(4)13-21(19)23(20)18-8-5-16(3)6-9-18/h5-10,13,15,20,22-23H,11-12,14H2,1-4H3/t20-,22-,23+/m1/s1. The molecule has 1 saturated heterocycles. The Labute approximate surface area is 146 Å². The van der Waals surface area contributed by atoms with Gasteiger partial charge in [0.2, 0.25) is 0 Å². The molecule has 1 heteroatoms. The minimum atomic E-state index is 0.583. The highest BCUT2D eigenvalue weighted by Crippen LogP contribution is 2.53. The van der Waals surface area contributed by atoms with Crippen molar-refractivity contribution in [1.82, 2.24) is 4.90 Å². The fourth-order valence-corrected chi connectivity index (χ4v) is 4.92. The monoisotopic (exact) mass is 319 g/mol. The molecule has 3 atom stereocenters. The minimum Gasteiger partial charge on any atom is -0.300 e. The molecule has 0 unspecified atom stereocenters. The molecular formula is C23H29N. The van der Waals surface area contributed by atoms with Gasteiger partial charge in [-0.1, -0.05) is 53.6 Å². The normalized spacial score (nSPS) is 26.5. The van der Waals surface area contributed by atoms with Gasteiger partial charge in [0.05, 0.1) is 0 Å². The molecule has 0 aromatic heterocycles. The molecule has 0 spiro atoms. The van der Waals surface area contributed by atoms with E-state index < -0.39 is 0 Å². The van der Waals surface area contributed by atoms with Gasteiger partial charge in [-0.15, -0.1) is 0 Å². The molecule has 24 heavy (non-hydrogen) atoms. The second-order valence-corrected chi connectivity index (χ2v) is 8.17. The smallest absolute Gasteiger partial charge is 0.0127 e. The van der Waals surface area contributed by atoms with Gasteiger partial charge in [-0.2, -0.15) is 0 Å². The van der Waals surface area contributed by atoms with Gasteiger partial charge < -0.3 is 4.90 Å². The average Bonchev–Trinajstić information content (AvgIpc) is 2.88. The number of piperidine rings is 1. The largest absolute Gasteiger partial charge is 0.300 e. The summed E-state index contributed by atoms with van der Waals surface area (Å²) in [6.07, 6.45) is 1.31. The number of likely N-dealkylation sites (tertiary alicyclic amines) is 1. The number of hydrogen-bond acceptors (Lipinski definition) is 1. The zero-order valence-corrected chi connectivity index (χ0v) is 15.4. The van der Waals surface area contributed by atoms with Crippen LogP contribution >= 0.6 is 0 Å². The maximum absolute atomic E-state index is 2.67. The van der Waals surface area contributed by atoms with Crippen molar-refractivity contribution >= 4 is 0 Å². The Morgan fingerprint density at radius 1 is 0.917 bits per heavy atom. The van der Waals surface area contributed by atoms with E-state index >= 15 is 0 Å². The first-order chi connectivity index (χ1) is 11.5.